The standard InChI is InChI=1S/C21H17FN8O/c1-12-4-2-5-13-10-16(28-30(12)13)19-18-14(23-11-24-18)8-9-29(19)21-27-26-20(31-21)15-6-3-7-17(22)25-15/h2-7,10-11,19H,8-9H2,1H3,(H,23,24)/t19-/m1/s1. The van der Waals surface area contributed by atoms with E-state index in [9.17, 15) is 4.39 Å². The summed E-state index contributed by atoms with van der Waals surface area (Å²) in [5, 5.41) is 13.2. The molecule has 0 aromatic carbocycles. The van der Waals surface area contributed by atoms with Crippen molar-refractivity contribution in [3.8, 4) is 11.6 Å². The Morgan fingerprint density at radius 2 is 2.06 bits per heavy atom. The van der Waals surface area contributed by atoms with Crippen LogP contribution in [-0.2, 0) is 6.42 Å². The van der Waals surface area contributed by atoms with Gasteiger partial charge in [-0.05, 0) is 37.3 Å². The highest BCUT2D eigenvalue weighted by molar-refractivity contribution is 5.53. The highest BCUT2D eigenvalue weighted by Gasteiger charge is 2.36. The van der Waals surface area contributed by atoms with Crippen LogP contribution in [0.1, 0.15) is 28.8 Å². The van der Waals surface area contributed by atoms with Crippen molar-refractivity contribution in [1.29, 1.82) is 0 Å². The molecule has 0 unspecified atom stereocenters. The van der Waals surface area contributed by atoms with Crippen LogP contribution in [0.5, 0.6) is 0 Å². The van der Waals surface area contributed by atoms with Crippen molar-refractivity contribution in [3.63, 3.8) is 0 Å². The summed E-state index contributed by atoms with van der Waals surface area (Å²) in [7, 11) is 0. The Morgan fingerprint density at radius 1 is 1.16 bits per heavy atom. The Kier molecular flexibility index (Phi) is 3.85. The molecule has 6 rings (SSSR count). The van der Waals surface area contributed by atoms with Crippen molar-refractivity contribution in [2.24, 2.45) is 0 Å². The lowest BCUT2D eigenvalue weighted by molar-refractivity contribution is 0.501. The van der Waals surface area contributed by atoms with Crippen LogP contribution in [0, 0.1) is 12.9 Å². The fraction of sp³-hybridized carbons (Fsp3) is 0.190. The van der Waals surface area contributed by atoms with Gasteiger partial charge in [0.25, 0.3) is 5.89 Å². The number of aryl methyl sites for hydroxylation is 1. The molecule has 10 heteroatoms. The SMILES string of the molecule is Cc1cccc2cc([C@@H]3c4nc[nH]c4CCN3c3nnc(-c4cccc(F)n4)o3)nn12. The van der Waals surface area contributed by atoms with E-state index >= 15 is 0 Å². The second kappa shape index (κ2) is 6.73. The van der Waals surface area contributed by atoms with Gasteiger partial charge in [-0.15, -0.1) is 5.10 Å². The van der Waals surface area contributed by atoms with Gasteiger partial charge in [-0.1, -0.05) is 17.2 Å². The molecule has 0 saturated carbocycles. The van der Waals surface area contributed by atoms with Crippen molar-refractivity contribution in [1.82, 2.24) is 34.8 Å². The Hall–Kier alpha value is -4.08. The summed E-state index contributed by atoms with van der Waals surface area (Å²) >= 11 is 0. The highest BCUT2D eigenvalue weighted by atomic mass is 19.1. The van der Waals surface area contributed by atoms with E-state index in [1.807, 2.05) is 40.6 Å². The highest BCUT2D eigenvalue weighted by Crippen LogP contribution is 2.37. The average Bonchev–Trinajstić information content (AvgIpc) is 3.52. The van der Waals surface area contributed by atoms with Crippen molar-refractivity contribution < 1.29 is 8.81 Å². The minimum atomic E-state index is -0.602. The zero-order chi connectivity index (χ0) is 20.9. The van der Waals surface area contributed by atoms with Gasteiger partial charge in [-0.2, -0.15) is 9.49 Å². The van der Waals surface area contributed by atoms with Gasteiger partial charge >= 0.3 is 6.01 Å². The van der Waals surface area contributed by atoms with Gasteiger partial charge in [0.2, 0.25) is 5.95 Å². The van der Waals surface area contributed by atoms with E-state index in [-0.39, 0.29) is 17.6 Å². The Bertz CT molecular complexity index is 1400. The van der Waals surface area contributed by atoms with Crippen molar-refractivity contribution >= 4 is 11.5 Å². The summed E-state index contributed by atoms with van der Waals surface area (Å²) in [6, 6.07) is 12.5. The first-order valence-corrected chi connectivity index (χ1v) is 9.88. The van der Waals surface area contributed by atoms with Crippen molar-refractivity contribution in [2.45, 2.75) is 19.4 Å². The lowest BCUT2D eigenvalue weighted by Gasteiger charge is -2.32. The van der Waals surface area contributed by atoms with Gasteiger partial charge in [0, 0.05) is 24.4 Å². The zero-order valence-corrected chi connectivity index (χ0v) is 16.5. The Balaban J connectivity index is 1.45. The number of halogens is 1. The molecule has 0 fully saturated rings. The van der Waals surface area contributed by atoms with Gasteiger partial charge in [-0.3, -0.25) is 0 Å². The summed E-state index contributed by atoms with van der Waals surface area (Å²) in [6.45, 7) is 2.64. The number of aromatic amines is 1. The van der Waals surface area contributed by atoms with E-state index < -0.39 is 5.95 Å². The predicted octanol–water partition coefficient (Wildman–Crippen LogP) is 3.10. The van der Waals surface area contributed by atoms with Gasteiger partial charge in [0.15, 0.2) is 0 Å². The van der Waals surface area contributed by atoms with E-state index in [1.54, 1.807) is 18.5 Å². The van der Waals surface area contributed by atoms with Crippen LogP contribution in [0.25, 0.3) is 17.1 Å². The third kappa shape index (κ3) is 2.87. The molecular weight excluding hydrogens is 399 g/mol. The number of aromatic nitrogens is 7. The van der Waals surface area contributed by atoms with Gasteiger partial charge in [0.1, 0.15) is 11.7 Å². The number of fused-ring (bicyclic) bond motifs is 2. The monoisotopic (exact) mass is 416 g/mol. The number of imidazole rings is 1. The second-order valence-electron chi connectivity index (χ2n) is 7.42. The molecule has 1 N–H and O–H groups in total. The number of anilines is 1. The van der Waals surface area contributed by atoms with Crippen LogP contribution in [0.15, 0.2) is 53.2 Å². The maximum absolute atomic E-state index is 13.5. The number of hydrogen-bond donors (Lipinski definition) is 1. The van der Waals surface area contributed by atoms with Gasteiger partial charge in [-0.25, -0.2) is 14.5 Å². The Labute approximate surface area is 175 Å². The smallest absolute Gasteiger partial charge is 0.319 e. The first kappa shape index (κ1) is 17.8. The van der Waals surface area contributed by atoms with Crippen LogP contribution >= 0.6 is 0 Å². The molecule has 0 saturated heterocycles. The normalized spacial score (nSPS) is 16.1. The molecule has 1 aliphatic heterocycles. The van der Waals surface area contributed by atoms with Gasteiger partial charge < -0.3 is 14.3 Å². The van der Waals surface area contributed by atoms with Gasteiger partial charge in [0.05, 0.1) is 23.2 Å². The van der Waals surface area contributed by atoms with Crippen LogP contribution in [-0.4, -0.2) is 41.3 Å². The summed E-state index contributed by atoms with van der Waals surface area (Å²) in [4.78, 5) is 13.6. The molecule has 5 aromatic heterocycles. The minimum absolute atomic E-state index is 0.159. The minimum Gasteiger partial charge on any atom is -0.402 e. The van der Waals surface area contributed by atoms with Crippen LogP contribution in [0.4, 0.5) is 10.4 Å². The quantitative estimate of drug-likeness (QED) is 0.451. The second-order valence-corrected chi connectivity index (χ2v) is 7.42. The maximum Gasteiger partial charge on any atom is 0.319 e. The molecule has 0 radical (unpaired) electrons. The largest absolute Gasteiger partial charge is 0.402 e. The summed E-state index contributed by atoms with van der Waals surface area (Å²) < 4.78 is 21.3. The molecule has 0 aliphatic carbocycles. The first-order chi connectivity index (χ1) is 15.2. The zero-order valence-electron chi connectivity index (χ0n) is 16.5. The van der Waals surface area contributed by atoms with Crippen LogP contribution in [0.2, 0.25) is 0 Å². The topological polar surface area (TPSA) is 101 Å². The summed E-state index contributed by atoms with van der Waals surface area (Å²) in [5.74, 6) is -0.443. The molecule has 6 heterocycles. The maximum atomic E-state index is 13.5. The van der Waals surface area contributed by atoms with Crippen molar-refractivity contribution in [2.75, 3.05) is 11.4 Å². The van der Waals surface area contributed by atoms with E-state index in [2.05, 4.69) is 25.1 Å². The van der Waals surface area contributed by atoms with Crippen LogP contribution < -0.4 is 4.90 Å². The molecular formula is C21H17FN8O. The van der Waals surface area contributed by atoms with Crippen molar-refractivity contribution in [3.05, 3.63) is 77.5 Å². The number of hydrogen-bond acceptors (Lipinski definition) is 7. The molecule has 31 heavy (non-hydrogen) atoms. The fourth-order valence-corrected chi connectivity index (χ4v) is 4.05. The Morgan fingerprint density at radius 3 is 2.94 bits per heavy atom. The number of H-pyrrole nitrogens is 1. The molecule has 0 bridgehead atoms. The number of pyridine rings is 2. The number of rotatable bonds is 3. The van der Waals surface area contributed by atoms with E-state index in [0.717, 1.165) is 34.7 Å². The van der Waals surface area contributed by atoms with Crippen LogP contribution in [0.3, 0.4) is 0 Å². The molecule has 154 valence electrons. The van der Waals surface area contributed by atoms with E-state index in [4.69, 9.17) is 9.52 Å². The third-order valence-electron chi connectivity index (χ3n) is 5.49. The lowest BCUT2D eigenvalue weighted by atomic mass is 10.0. The molecule has 0 spiro atoms. The average molecular weight is 416 g/mol. The fourth-order valence-electron chi connectivity index (χ4n) is 4.05. The molecule has 1 atom stereocenters. The molecule has 0 amide bonds. The summed E-state index contributed by atoms with van der Waals surface area (Å²) in [5.41, 5.74) is 5.07. The van der Waals surface area contributed by atoms with E-state index in [1.165, 1.54) is 6.07 Å². The first-order valence-electron chi connectivity index (χ1n) is 9.88. The lowest BCUT2D eigenvalue weighted by Crippen LogP contribution is -2.37. The van der Waals surface area contributed by atoms with E-state index in [0.29, 0.717) is 12.6 Å². The summed E-state index contributed by atoms with van der Waals surface area (Å²) in [6.07, 6.45) is 2.44. The molecule has 5 aromatic rings. The number of nitrogens with zero attached hydrogens (tertiary/aromatic N) is 7. The third-order valence-corrected chi connectivity index (χ3v) is 5.49. The predicted molar refractivity (Wildman–Crippen MR) is 109 cm³/mol. The molecule has 9 nitrogen and oxygen atoms in total. The number of nitrogens with one attached hydrogen (secondary N) is 1. The molecule has 1 aliphatic rings.